The molecule has 1 amide bonds. The maximum atomic E-state index is 12.3. The lowest BCUT2D eigenvalue weighted by atomic mass is 9.78. The Bertz CT molecular complexity index is 867. The van der Waals surface area contributed by atoms with Gasteiger partial charge >= 0.3 is 0 Å². The summed E-state index contributed by atoms with van der Waals surface area (Å²) >= 11 is 0. The molecular weight excluding hydrogens is 330 g/mol. The van der Waals surface area contributed by atoms with Crippen LogP contribution in [0.4, 0.5) is 0 Å². The van der Waals surface area contributed by atoms with Crippen LogP contribution in [-0.2, 0) is 11.2 Å². The number of hydrogen-bond donors (Lipinski definition) is 2. The predicted octanol–water partition coefficient (Wildman–Crippen LogP) is 2.26. The van der Waals surface area contributed by atoms with Gasteiger partial charge in [0.1, 0.15) is 11.6 Å². The van der Waals surface area contributed by atoms with Crippen molar-refractivity contribution in [3.05, 3.63) is 57.8 Å². The molecule has 6 heteroatoms. The van der Waals surface area contributed by atoms with E-state index in [1.165, 1.54) is 0 Å². The molecule has 2 fully saturated rings. The Morgan fingerprint density at radius 1 is 1.27 bits per heavy atom. The van der Waals surface area contributed by atoms with E-state index in [1.54, 1.807) is 13.2 Å². The van der Waals surface area contributed by atoms with E-state index in [-0.39, 0.29) is 23.4 Å². The van der Waals surface area contributed by atoms with Gasteiger partial charge in [-0.2, -0.15) is 0 Å². The first-order valence-corrected chi connectivity index (χ1v) is 9.15. The summed E-state index contributed by atoms with van der Waals surface area (Å²) in [6, 6.07) is 9.30. The van der Waals surface area contributed by atoms with Crippen LogP contribution in [0.2, 0.25) is 0 Å². The SMILES string of the molecule is COc1ccccc1CC(=O)NC1CC(c2cc(=O)[nH]c(C3CC3)n2)C1. The smallest absolute Gasteiger partial charge is 0.251 e. The van der Waals surface area contributed by atoms with E-state index in [0.717, 1.165) is 48.5 Å². The third-order valence-electron chi connectivity index (χ3n) is 5.21. The van der Waals surface area contributed by atoms with Crippen LogP contribution in [0.1, 0.15) is 54.6 Å². The normalized spacial score (nSPS) is 21.7. The Hall–Kier alpha value is -2.63. The number of ether oxygens (including phenoxy) is 1. The van der Waals surface area contributed by atoms with E-state index in [1.807, 2.05) is 24.3 Å². The van der Waals surface area contributed by atoms with Gasteiger partial charge in [0, 0.05) is 29.5 Å². The molecule has 0 saturated heterocycles. The van der Waals surface area contributed by atoms with Crippen molar-refractivity contribution >= 4 is 5.91 Å². The van der Waals surface area contributed by atoms with Crippen LogP contribution < -0.4 is 15.6 Å². The highest BCUT2D eigenvalue weighted by molar-refractivity contribution is 5.79. The first-order chi connectivity index (χ1) is 12.6. The van der Waals surface area contributed by atoms with Crippen LogP contribution in [0, 0.1) is 0 Å². The number of benzene rings is 1. The standard InChI is InChI=1S/C20H23N3O3/c1-26-17-5-3-2-4-13(17)10-18(24)21-15-8-14(9-15)16-11-19(25)23-20(22-16)12-6-7-12/h2-5,11-12,14-15H,6-10H2,1H3,(H,21,24)(H,22,23,25). The molecule has 0 atom stereocenters. The van der Waals surface area contributed by atoms with Gasteiger partial charge in [-0.05, 0) is 31.7 Å². The second-order valence-corrected chi connectivity index (χ2v) is 7.25. The summed E-state index contributed by atoms with van der Waals surface area (Å²) in [6.07, 6.45) is 4.19. The number of aromatic amines is 1. The van der Waals surface area contributed by atoms with Gasteiger partial charge in [-0.15, -0.1) is 0 Å². The molecule has 2 aromatic rings. The molecule has 2 aliphatic rings. The number of carbonyl (C=O) groups is 1. The minimum atomic E-state index is -0.0689. The second-order valence-electron chi connectivity index (χ2n) is 7.25. The molecule has 0 aliphatic heterocycles. The van der Waals surface area contributed by atoms with Gasteiger partial charge in [-0.1, -0.05) is 18.2 Å². The van der Waals surface area contributed by atoms with Crippen molar-refractivity contribution in [3.63, 3.8) is 0 Å². The number of carbonyl (C=O) groups excluding carboxylic acids is 1. The lowest BCUT2D eigenvalue weighted by Gasteiger charge is -2.35. The minimum Gasteiger partial charge on any atom is -0.496 e. The summed E-state index contributed by atoms with van der Waals surface area (Å²) in [5.41, 5.74) is 1.68. The predicted molar refractivity (Wildman–Crippen MR) is 97.4 cm³/mol. The van der Waals surface area contributed by atoms with Crippen molar-refractivity contribution in [2.45, 2.75) is 50.0 Å². The van der Waals surface area contributed by atoms with E-state index in [4.69, 9.17) is 4.74 Å². The molecule has 136 valence electrons. The molecule has 26 heavy (non-hydrogen) atoms. The van der Waals surface area contributed by atoms with Crippen LogP contribution >= 0.6 is 0 Å². The van der Waals surface area contributed by atoms with Gasteiger partial charge in [-0.3, -0.25) is 9.59 Å². The molecule has 6 nitrogen and oxygen atoms in total. The third kappa shape index (κ3) is 3.64. The molecule has 0 radical (unpaired) electrons. The number of aromatic nitrogens is 2. The average molecular weight is 353 g/mol. The van der Waals surface area contributed by atoms with E-state index >= 15 is 0 Å². The summed E-state index contributed by atoms with van der Waals surface area (Å²) in [5.74, 6) is 2.24. The summed E-state index contributed by atoms with van der Waals surface area (Å²) in [4.78, 5) is 31.6. The first-order valence-electron chi connectivity index (χ1n) is 9.15. The quantitative estimate of drug-likeness (QED) is 0.834. The molecule has 0 spiro atoms. The molecule has 2 saturated carbocycles. The second kappa shape index (κ2) is 6.94. The maximum absolute atomic E-state index is 12.3. The Morgan fingerprint density at radius 3 is 2.77 bits per heavy atom. The van der Waals surface area contributed by atoms with Crippen LogP contribution in [0.3, 0.4) is 0 Å². The molecule has 0 unspecified atom stereocenters. The zero-order valence-electron chi connectivity index (χ0n) is 14.8. The fourth-order valence-electron chi connectivity index (χ4n) is 3.53. The molecule has 2 N–H and O–H groups in total. The Labute approximate surface area is 152 Å². The van der Waals surface area contributed by atoms with Gasteiger partial charge in [-0.25, -0.2) is 4.98 Å². The Morgan fingerprint density at radius 2 is 2.04 bits per heavy atom. The van der Waals surface area contributed by atoms with Crippen molar-refractivity contribution in [1.82, 2.24) is 15.3 Å². The van der Waals surface area contributed by atoms with Crippen molar-refractivity contribution in [2.75, 3.05) is 7.11 Å². The summed E-state index contributed by atoms with van der Waals surface area (Å²) < 4.78 is 5.29. The summed E-state index contributed by atoms with van der Waals surface area (Å²) in [7, 11) is 1.61. The van der Waals surface area contributed by atoms with Gasteiger partial charge < -0.3 is 15.0 Å². The number of nitrogens with one attached hydrogen (secondary N) is 2. The highest BCUT2D eigenvalue weighted by atomic mass is 16.5. The highest BCUT2D eigenvalue weighted by Crippen LogP contribution is 2.40. The molecule has 2 aliphatic carbocycles. The van der Waals surface area contributed by atoms with Gasteiger partial charge in [0.15, 0.2) is 0 Å². The number of para-hydroxylation sites is 1. The summed E-state index contributed by atoms with van der Waals surface area (Å²) in [5, 5.41) is 3.07. The van der Waals surface area contributed by atoms with E-state index in [0.29, 0.717) is 12.3 Å². The number of H-pyrrole nitrogens is 1. The number of nitrogens with zero attached hydrogens (tertiary/aromatic N) is 1. The molecule has 1 aromatic carbocycles. The molecular formula is C20H23N3O3. The number of amides is 1. The van der Waals surface area contributed by atoms with Crippen LogP contribution in [0.5, 0.6) is 5.75 Å². The van der Waals surface area contributed by atoms with Gasteiger partial charge in [0.25, 0.3) is 5.56 Å². The largest absolute Gasteiger partial charge is 0.496 e. The fraction of sp³-hybridized carbons (Fsp3) is 0.450. The zero-order chi connectivity index (χ0) is 18.1. The van der Waals surface area contributed by atoms with Crippen LogP contribution in [-0.4, -0.2) is 29.0 Å². The van der Waals surface area contributed by atoms with E-state index < -0.39 is 0 Å². The number of methoxy groups -OCH3 is 1. The van der Waals surface area contributed by atoms with Crippen molar-refractivity contribution in [1.29, 1.82) is 0 Å². The van der Waals surface area contributed by atoms with Crippen molar-refractivity contribution in [2.24, 2.45) is 0 Å². The van der Waals surface area contributed by atoms with Crippen LogP contribution in [0.15, 0.2) is 35.1 Å². The lowest BCUT2D eigenvalue weighted by Crippen LogP contribution is -2.44. The molecule has 1 heterocycles. The van der Waals surface area contributed by atoms with E-state index in [2.05, 4.69) is 15.3 Å². The monoisotopic (exact) mass is 353 g/mol. The van der Waals surface area contributed by atoms with Crippen molar-refractivity contribution < 1.29 is 9.53 Å². The van der Waals surface area contributed by atoms with E-state index in [9.17, 15) is 9.59 Å². The highest BCUT2D eigenvalue weighted by Gasteiger charge is 2.34. The molecule has 4 rings (SSSR count). The minimum absolute atomic E-state index is 0.00418. The number of rotatable bonds is 6. The Kier molecular flexibility index (Phi) is 4.49. The van der Waals surface area contributed by atoms with Crippen molar-refractivity contribution in [3.8, 4) is 5.75 Å². The number of hydrogen-bond acceptors (Lipinski definition) is 4. The average Bonchev–Trinajstić information content (AvgIpc) is 3.42. The zero-order valence-corrected chi connectivity index (χ0v) is 14.8. The fourth-order valence-corrected chi connectivity index (χ4v) is 3.53. The first kappa shape index (κ1) is 16.8. The molecule has 0 bridgehead atoms. The summed E-state index contributed by atoms with van der Waals surface area (Å²) in [6.45, 7) is 0. The van der Waals surface area contributed by atoms with Gasteiger partial charge in [0.05, 0.1) is 19.2 Å². The molecule has 1 aromatic heterocycles. The third-order valence-corrected chi connectivity index (χ3v) is 5.21. The maximum Gasteiger partial charge on any atom is 0.251 e. The van der Waals surface area contributed by atoms with Crippen LogP contribution in [0.25, 0.3) is 0 Å². The Balaban J connectivity index is 1.32. The lowest BCUT2D eigenvalue weighted by molar-refractivity contribution is -0.121. The van der Waals surface area contributed by atoms with Gasteiger partial charge in [0.2, 0.25) is 5.91 Å². The topological polar surface area (TPSA) is 84.1 Å².